The number of nitrogens with two attached hydrogens (primary N) is 1. The first-order chi connectivity index (χ1) is 14.0. The number of hydrogen-bond donors (Lipinski definition) is 1. The number of nitrogen functional groups attached to an aromatic ring is 1. The highest BCUT2D eigenvalue weighted by Gasteiger charge is 2.25. The van der Waals surface area contributed by atoms with E-state index in [1.54, 1.807) is 23.6 Å². The molecule has 0 aliphatic carbocycles. The summed E-state index contributed by atoms with van der Waals surface area (Å²) in [4.78, 5) is 25.1. The molecule has 29 heavy (non-hydrogen) atoms. The minimum atomic E-state index is -0.289. The highest BCUT2D eigenvalue weighted by Crippen LogP contribution is 2.32. The van der Waals surface area contributed by atoms with Crippen molar-refractivity contribution >= 4 is 40.5 Å². The van der Waals surface area contributed by atoms with E-state index in [0.29, 0.717) is 66.3 Å². The first kappa shape index (κ1) is 19.3. The number of nitrogens with zero attached hydrogens (tertiary/aromatic N) is 6. The number of benzene rings is 1. The molecule has 0 bridgehead atoms. The Kier molecular flexibility index (Phi) is 5.14. The Labute approximate surface area is 173 Å². The number of aromatic nitrogens is 4. The molecule has 1 aliphatic rings. The van der Waals surface area contributed by atoms with Crippen LogP contribution in [0.1, 0.15) is 6.92 Å². The quantitative estimate of drug-likeness (QED) is 0.701. The number of piperazine rings is 1. The van der Waals surface area contributed by atoms with Gasteiger partial charge in [0.15, 0.2) is 5.65 Å². The van der Waals surface area contributed by atoms with Gasteiger partial charge in [0.05, 0.1) is 17.7 Å². The van der Waals surface area contributed by atoms with Gasteiger partial charge in [-0.3, -0.25) is 4.68 Å². The van der Waals surface area contributed by atoms with E-state index >= 15 is 0 Å². The average Bonchev–Trinajstić information content (AvgIpc) is 3.02. The minimum Gasteiger partial charge on any atom is -0.450 e. The summed E-state index contributed by atoms with van der Waals surface area (Å²) in [7, 11) is 1.78. The van der Waals surface area contributed by atoms with E-state index in [4.69, 9.17) is 27.1 Å². The molecule has 4 rings (SSSR count). The first-order valence-corrected chi connectivity index (χ1v) is 9.78. The molecule has 0 unspecified atom stereocenters. The van der Waals surface area contributed by atoms with Crippen LogP contribution in [-0.4, -0.2) is 63.5 Å². The topological polar surface area (TPSA) is 102 Å². The fourth-order valence-electron chi connectivity index (χ4n) is 3.37. The van der Waals surface area contributed by atoms with Gasteiger partial charge in [0.2, 0.25) is 5.95 Å². The number of carbonyl (C=O) groups is 1. The van der Waals surface area contributed by atoms with Gasteiger partial charge in [-0.25, -0.2) is 9.78 Å². The van der Waals surface area contributed by atoms with Gasteiger partial charge < -0.3 is 20.3 Å². The zero-order chi connectivity index (χ0) is 20.5. The SMILES string of the molecule is CCOC(=O)N1CCN(c2nc(-c3ccc(Cl)cc3)c3c(N)n(C)nc3n2)CC1. The lowest BCUT2D eigenvalue weighted by Gasteiger charge is -2.34. The van der Waals surface area contributed by atoms with E-state index in [9.17, 15) is 4.79 Å². The monoisotopic (exact) mass is 415 g/mol. The van der Waals surface area contributed by atoms with Crippen LogP contribution in [0.2, 0.25) is 5.02 Å². The van der Waals surface area contributed by atoms with Crippen molar-refractivity contribution in [3.8, 4) is 11.3 Å². The zero-order valence-electron chi connectivity index (χ0n) is 16.3. The number of aryl methyl sites for hydroxylation is 1. The summed E-state index contributed by atoms with van der Waals surface area (Å²) in [6, 6.07) is 7.43. The van der Waals surface area contributed by atoms with Crippen LogP contribution in [0.3, 0.4) is 0 Å². The number of anilines is 2. The molecule has 1 saturated heterocycles. The first-order valence-electron chi connectivity index (χ1n) is 9.40. The van der Waals surface area contributed by atoms with Gasteiger partial charge in [0.25, 0.3) is 0 Å². The number of amides is 1. The van der Waals surface area contributed by atoms with E-state index in [1.165, 1.54) is 0 Å². The fraction of sp³-hybridized carbons (Fsp3) is 0.368. The number of hydrogen-bond acceptors (Lipinski definition) is 7. The predicted octanol–water partition coefficient (Wildman–Crippen LogP) is 2.54. The molecule has 2 aromatic heterocycles. The van der Waals surface area contributed by atoms with Crippen LogP contribution >= 0.6 is 11.6 Å². The van der Waals surface area contributed by atoms with Gasteiger partial charge in [-0.05, 0) is 19.1 Å². The molecule has 0 radical (unpaired) electrons. The largest absolute Gasteiger partial charge is 0.450 e. The summed E-state index contributed by atoms with van der Waals surface area (Å²) in [6.07, 6.45) is -0.289. The molecule has 1 aliphatic heterocycles. The van der Waals surface area contributed by atoms with Crippen molar-refractivity contribution in [2.75, 3.05) is 43.4 Å². The molecule has 152 valence electrons. The summed E-state index contributed by atoms with van der Waals surface area (Å²) < 4.78 is 6.68. The van der Waals surface area contributed by atoms with Crippen LogP contribution in [0.15, 0.2) is 24.3 Å². The molecular weight excluding hydrogens is 394 g/mol. The van der Waals surface area contributed by atoms with Crippen molar-refractivity contribution in [2.24, 2.45) is 7.05 Å². The molecule has 1 amide bonds. The van der Waals surface area contributed by atoms with Crippen molar-refractivity contribution in [1.29, 1.82) is 0 Å². The van der Waals surface area contributed by atoms with E-state index in [-0.39, 0.29) is 6.09 Å². The number of halogens is 1. The number of ether oxygens (including phenoxy) is 1. The van der Waals surface area contributed by atoms with E-state index < -0.39 is 0 Å². The Morgan fingerprint density at radius 2 is 1.86 bits per heavy atom. The molecular formula is C19H22ClN7O2. The Hall–Kier alpha value is -3.07. The van der Waals surface area contributed by atoms with Crippen LogP contribution in [0.4, 0.5) is 16.6 Å². The molecule has 3 heterocycles. The second kappa shape index (κ2) is 7.75. The molecule has 1 fully saturated rings. The van der Waals surface area contributed by atoms with Crippen molar-refractivity contribution < 1.29 is 9.53 Å². The summed E-state index contributed by atoms with van der Waals surface area (Å²) in [5.41, 5.74) is 8.36. The molecule has 0 spiro atoms. The summed E-state index contributed by atoms with van der Waals surface area (Å²) in [5, 5.41) is 5.80. The number of carbonyl (C=O) groups excluding carboxylic acids is 1. The van der Waals surface area contributed by atoms with E-state index in [1.807, 2.05) is 29.2 Å². The molecule has 1 aromatic carbocycles. The Morgan fingerprint density at radius 3 is 2.52 bits per heavy atom. The Bertz CT molecular complexity index is 1040. The van der Waals surface area contributed by atoms with Crippen molar-refractivity contribution in [2.45, 2.75) is 6.92 Å². The van der Waals surface area contributed by atoms with Crippen LogP contribution < -0.4 is 10.6 Å². The highest BCUT2D eigenvalue weighted by molar-refractivity contribution is 6.30. The molecule has 0 saturated carbocycles. The lowest BCUT2D eigenvalue weighted by molar-refractivity contribution is 0.105. The maximum Gasteiger partial charge on any atom is 0.409 e. The smallest absolute Gasteiger partial charge is 0.409 e. The van der Waals surface area contributed by atoms with Crippen LogP contribution in [0.25, 0.3) is 22.3 Å². The third-order valence-electron chi connectivity index (χ3n) is 4.93. The average molecular weight is 416 g/mol. The second-order valence-corrected chi connectivity index (χ2v) is 7.20. The Balaban J connectivity index is 1.69. The maximum absolute atomic E-state index is 11.9. The standard InChI is InChI=1S/C19H22ClN7O2/c1-3-29-19(28)27-10-8-26(9-11-27)18-22-15(12-4-6-13(20)7-5-12)14-16(21)25(2)24-17(14)23-18/h4-7H,3,8-11,21H2,1-2H3. The predicted molar refractivity (Wildman–Crippen MR) is 112 cm³/mol. The third kappa shape index (κ3) is 3.65. The summed E-state index contributed by atoms with van der Waals surface area (Å²) >= 11 is 6.04. The molecule has 2 N–H and O–H groups in total. The van der Waals surface area contributed by atoms with Crippen molar-refractivity contribution in [3.63, 3.8) is 0 Å². The van der Waals surface area contributed by atoms with Crippen LogP contribution in [0, 0.1) is 0 Å². The van der Waals surface area contributed by atoms with Gasteiger partial charge in [-0.2, -0.15) is 10.1 Å². The van der Waals surface area contributed by atoms with Crippen molar-refractivity contribution in [1.82, 2.24) is 24.6 Å². The number of rotatable bonds is 3. The lowest BCUT2D eigenvalue weighted by atomic mass is 10.1. The van der Waals surface area contributed by atoms with Gasteiger partial charge in [0.1, 0.15) is 5.82 Å². The van der Waals surface area contributed by atoms with Crippen LogP contribution in [0.5, 0.6) is 0 Å². The third-order valence-corrected chi connectivity index (χ3v) is 5.19. The second-order valence-electron chi connectivity index (χ2n) is 6.76. The number of fused-ring (bicyclic) bond motifs is 1. The Morgan fingerprint density at radius 1 is 1.17 bits per heavy atom. The fourth-order valence-corrected chi connectivity index (χ4v) is 3.49. The minimum absolute atomic E-state index is 0.289. The highest BCUT2D eigenvalue weighted by atomic mass is 35.5. The zero-order valence-corrected chi connectivity index (χ0v) is 17.1. The van der Waals surface area contributed by atoms with Gasteiger partial charge >= 0.3 is 6.09 Å². The summed E-state index contributed by atoms with van der Waals surface area (Å²) in [6.45, 7) is 4.46. The molecule has 9 nitrogen and oxygen atoms in total. The molecule has 0 atom stereocenters. The van der Waals surface area contributed by atoms with Gasteiger partial charge in [-0.1, -0.05) is 23.7 Å². The van der Waals surface area contributed by atoms with Gasteiger partial charge in [-0.15, -0.1) is 0 Å². The maximum atomic E-state index is 11.9. The van der Waals surface area contributed by atoms with E-state index in [0.717, 1.165) is 5.56 Å². The molecule has 10 heteroatoms. The van der Waals surface area contributed by atoms with E-state index in [2.05, 4.69) is 10.1 Å². The van der Waals surface area contributed by atoms with Gasteiger partial charge in [0, 0.05) is 43.8 Å². The normalized spacial score (nSPS) is 14.4. The van der Waals surface area contributed by atoms with Crippen LogP contribution in [-0.2, 0) is 11.8 Å². The summed E-state index contributed by atoms with van der Waals surface area (Å²) in [5.74, 6) is 1.06. The molecule has 3 aromatic rings. The lowest BCUT2D eigenvalue weighted by Crippen LogP contribution is -2.49. The van der Waals surface area contributed by atoms with Crippen molar-refractivity contribution in [3.05, 3.63) is 29.3 Å².